The summed E-state index contributed by atoms with van der Waals surface area (Å²) in [6.07, 6.45) is 1.65. The quantitative estimate of drug-likeness (QED) is 0.128. The van der Waals surface area contributed by atoms with E-state index in [0.717, 1.165) is 21.2 Å². The molecule has 244 valence electrons. The van der Waals surface area contributed by atoms with Gasteiger partial charge in [-0.25, -0.2) is 4.99 Å². The maximum absolute atomic E-state index is 14.4. The van der Waals surface area contributed by atoms with Crippen LogP contribution in [0.4, 0.5) is 5.69 Å². The monoisotopic (exact) mass is 678 g/mol. The predicted molar refractivity (Wildman–Crippen MR) is 191 cm³/mol. The Bertz CT molecular complexity index is 2290. The van der Waals surface area contributed by atoms with E-state index in [9.17, 15) is 19.7 Å². The van der Waals surface area contributed by atoms with E-state index in [1.54, 1.807) is 41.7 Å². The highest BCUT2D eigenvalue weighted by atomic mass is 32.2. The summed E-state index contributed by atoms with van der Waals surface area (Å²) in [5, 5.41) is 13.9. The van der Waals surface area contributed by atoms with Crippen LogP contribution in [-0.4, -0.2) is 40.5 Å². The number of thiazole rings is 1. The first-order valence-electron chi connectivity index (χ1n) is 15.6. The Morgan fingerprint density at radius 3 is 2.48 bits per heavy atom. The molecule has 5 aromatic rings. The molecule has 1 aliphatic heterocycles. The molecule has 9 nitrogen and oxygen atoms in total. The minimum Gasteiger partial charge on any atom is -0.496 e. The van der Waals surface area contributed by atoms with E-state index in [-0.39, 0.29) is 17.2 Å². The van der Waals surface area contributed by atoms with E-state index in [1.165, 1.54) is 29.2 Å². The van der Waals surface area contributed by atoms with Crippen molar-refractivity contribution in [1.82, 2.24) is 9.47 Å². The van der Waals surface area contributed by atoms with Crippen LogP contribution in [0.5, 0.6) is 5.75 Å². The molecule has 1 amide bonds. The normalized spacial score (nSPS) is 14.5. The molecule has 1 aliphatic rings. The number of aryl methyl sites for hydroxylation is 1. The minimum atomic E-state index is -0.819. The lowest BCUT2D eigenvalue weighted by molar-refractivity contribution is -0.387. The van der Waals surface area contributed by atoms with Crippen LogP contribution in [0.15, 0.2) is 110 Å². The Morgan fingerprint density at radius 2 is 1.79 bits per heavy atom. The largest absolute Gasteiger partial charge is 0.496 e. The molecule has 6 rings (SSSR count). The summed E-state index contributed by atoms with van der Waals surface area (Å²) in [7, 11) is 1.58. The third-order valence-electron chi connectivity index (χ3n) is 8.45. The number of carbonyl (C=O) groups is 1. The van der Waals surface area contributed by atoms with Crippen LogP contribution in [0, 0.1) is 17.0 Å². The number of ether oxygens (including phenoxy) is 1. The van der Waals surface area contributed by atoms with E-state index < -0.39 is 11.0 Å². The number of methoxy groups -OCH3 is 1. The molecule has 0 fully saturated rings. The van der Waals surface area contributed by atoms with Crippen molar-refractivity contribution in [3.05, 3.63) is 137 Å². The number of fused-ring (bicyclic) bond motifs is 2. The topological polar surface area (TPSA) is 107 Å². The van der Waals surface area contributed by atoms with Crippen molar-refractivity contribution in [2.24, 2.45) is 4.99 Å². The van der Waals surface area contributed by atoms with Crippen LogP contribution in [0.3, 0.4) is 0 Å². The zero-order valence-corrected chi connectivity index (χ0v) is 28.9. The first-order chi connectivity index (χ1) is 23.1. The molecular formula is C37H34N4O5S2. The molecule has 0 saturated heterocycles. The summed E-state index contributed by atoms with van der Waals surface area (Å²) >= 11 is 2.50. The van der Waals surface area contributed by atoms with Gasteiger partial charge in [0.2, 0.25) is 0 Å². The van der Waals surface area contributed by atoms with Gasteiger partial charge in [-0.2, -0.15) is 0 Å². The van der Waals surface area contributed by atoms with Gasteiger partial charge in [-0.15, -0.1) is 0 Å². The number of hydrogen-bond acceptors (Lipinski definition) is 8. The smallest absolute Gasteiger partial charge is 0.283 e. The predicted octanol–water partition coefficient (Wildman–Crippen LogP) is 6.63. The summed E-state index contributed by atoms with van der Waals surface area (Å²) < 4.78 is 7.78. The highest BCUT2D eigenvalue weighted by Crippen LogP contribution is 2.41. The molecular weight excluding hydrogens is 645 g/mol. The van der Waals surface area contributed by atoms with Crippen molar-refractivity contribution >= 4 is 51.5 Å². The van der Waals surface area contributed by atoms with E-state index in [0.29, 0.717) is 55.5 Å². The van der Waals surface area contributed by atoms with E-state index in [2.05, 4.69) is 0 Å². The zero-order valence-electron chi connectivity index (χ0n) is 27.2. The Kier molecular flexibility index (Phi) is 9.34. The standard InChI is InChI=1S/C37H34N4O5S2/c1-6-39(7-2)36(43)32-23(4)38-37-40(34(32)33-27-11-9-8-10-25(27)15-18-29(33)46-5)35(42)31(48-37)21-24-14-19-30(28(20-24)41(44)45)47-26-16-12-22(3)13-17-26/h8-21,34H,6-7H2,1-5H3/b31-21-/t34-/m1/s1. The number of hydrogen-bond donors (Lipinski definition) is 0. The van der Waals surface area contributed by atoms with Crippen LogP contribution >= 0.6 is 23.1 Å². The summed E-state index contributed by atoms with van der Waals surface area (Å²) in [6, 6.07) is 23.6. The van der Waals surface area contributed by atoms with Gasteiger partial charge < -0.3 is 9.64 Å². The molecule has 0 unspecified atom stereocenters. The third-order valence-corrected chi connectivity index (χ3v) is 10.5. The summed E-state index contributed by atoms with van der Waals surface area (Å²) in [5.41, 5.74) is 2.83. The van der Waals surface area contributed by atoms with E-state index >= 15 is 0 Å². The highest BCUT2D eigenvalue weighted by Gasteiger charge is 2.36. The van der Waals surface area contributed by atoms with Gasteiger partial charge in [0.1, 0.15) is 11.8 Å². The van der Waals surface area contributed by atoms with E-state index in [1.807, 2.05) is 81.4 Å². The fraction of sp³-hybridized carbons (Fsp3) is 0.216. The Balaban J connectivity index is 1.55. The SMILES string of the molecule is CCN(CC)C(=O)C1=C(C)N=c2s/c(=C\c3ccc(Sc4ccc(C)cc4)c([N+](=O)[O-])c3)c(=O)n2[C@H]1c1c(OC)ccc2ccccc12. The molecule has 0 bridgehead atoms. The second-order valence-electron chi connectivity index (χ2n) is 11.4. The Labute approximate surface area is 285 Å². The summed E-state index contributed by atoms with van der Waals surface area (Å²) in [4.78, 5) is 48.7. The minimum absolute atomic E-state index is 0.0524. The molecule has 48 heavy (non-hydrogen) atoms. The number of aromatic nitrogens is 1. The lowest BCUT2D eigenvalue weighted by Crippen LogP contribution is -2.43. The van der Waals surface area contributed by atoms with Crippen molar-refractivity contribution < 1.29 is 14.5 Å². The second kappa shape index (κ2) is 13.6. The molecule has 0 spiro atoms. The number of nitro benzene ring substituents is 1. The molecule has 11 heteroatoms. The van der Waals surface area contributed by atoms with Crippen LogP contribution in [0.25, 0.3) is 16.8 Å². The van der Waals surface area contributed by atoms with Crippen molar-refractivity contribution in [3.8, 4) is 5.75 Å². The number of rotatable bonds is 9. The fourth-order valence-electron chi connectivity index (χ4n) is 6.02. The second-order valence-corrected chi connectivity index (χ2v) is 13.5. The maximum atomic E-state index is 14.4. The van der Waals surface area contributed by atoms with Gasteiger partial charge in [-0.05, 0) is 74.4 Å². The van der Waals surface area contributed by atoms with Crippen LogP contribution in [-0.2, 0) is 4.79 Å². The molecule has 2 heterocycles. The summed E-state index contributed by atoms with van der Waals surface area (Å²) in [6.45, 7) is 8.61. The first kappa shape index (κ1) is 32.9. The Morgan fingerprint density at radius 1 is 1.06 bits per heavy atom. The fourth-order valence-corrected chi connectivity index (χ4v) is 7.97. The third kappa shape index (κ3) is 6.07. The van der Waals surface area contributed by atoms with Gasteiger partial charge in [-0.3, -0.25) is 24.3 Å². The number of nitrogens with zero attached hydrogens (tertiary/aromatic N) is 4. The number of nitro groups is 1. The number of likely N-dealkylation sites (N-methyl/N-ethyl adjacent to an activating group) is 1. The van der Waals surface area contributed by atoms with Gasteiger partial charge in [0.25, 0.3) is 17.2 Å². The van der Waals surface area contributed by atoms with Crippen molar-refractivity contribution in [1.29, 1.82) is 0 Å². The first-order valence-corrected chi connectivity index (χ1v) is 17.2. The maximum Gasteiger partial charge on any atom is 0.283 e. The molecule has 4 aromatic carbocycles. The number of amides is 1. The van der Waals surface area contributed by atoms with Crippen LogP contribution in [0.1, 0.15) is 43.5 Å². The molecule has 1 atom stereocenters. The van der Waals surface area contributed by atoms with Gasteiger partial charge in [0.05, 0.1) is 32.7 Å². The number of carbonyl (C=O) groups excluding carboxylic acids is 1. The van der Waals surface area contributed by atoms with Gasteiger partial charge in [-0.1, -0.05) is 77.2 Å². The lowest BCUT2D eigenvalue weighted by atomic mass is 9.90. The average Bonchev–Trinajstić information content (AvgIpc) is 3.39. The highest BCUT2D eigenvalue weighted by molar-refractivity contribution is 7.99. The Hall–Kier alpha value is -5.00. The van der Waals surface area contributed by atoms with Gasteiger partial charge in [0.15, 0.2) is 4.80 Å². The van der Waals surface area contributed by atoms with Crippen molar-refractivity contribution in [3.63, 3.8) is 0 Å². The average molecular weight is 679 g/mol. The lowest BCUT2D eigenvalue weighted by Gasteiger charge is -2.30. The van der Waals surface area contributed by atoms with Gasteiger partial charge in [0, 0.05) is 29.6 Å². The molecule has 0 aliphatic carbocycles. The summed E-state index contributed by atoms with van der Waals surface area (Å²) in [5.74, 6) is 0.345. The zero-order chi connectivity index (χ0) is 34.1. The number of benzene rings is 4. The molecule has 1 aromatic heterocycles. The molecule has 0 saturated carbocycles. The van der Waals surface area contributed by atoms with Crippen molar-refractivity contribution in [2.75, 3.05) is 20.2 Å². The molecule has 0 radical (unpaired) electrons. The van der Waals surface area contributed by atoms with Crippen LogP contribution < -0.4 is 19.6 Å². The molecule has 0 N–H and O–H groups in total. The number of allylic oxidation sites excluding steroid dienone is 1. The van der Waals surface area contributed by atoms with E-state index in [4.69, 9.17) is 9.73 Å². The van der Waals surface area contributed by atoms with Crippen LogP contribution in [0.2, 0.25) is 0 Å². The van der Waals surface area contributed by atoms with Gasteiger partial charge >= 0.3 is 0 Å². The van der Waals surface area contributed by atoms with Crippen molar-refractivity contribution in [2.45, 2.75) is 43.5 Å².